The summed E-state index contributed by atoms with van der Waals surface area (Å²) in [4.78, 5) is 38.6. The van der Waals surface area contributed by atoms with Crippen molar-refractivity contribution in [3.63, 3.8) is 0 Å². The standard InChI is InChI=1S/C19H17N3O4/c1-11(18(24)22-13-8-6-12(7-9-13)17(20)23)26-19(25)15-10-21-16-5-3-2-4-14(15)16/h2-11,21H,1H3,(H2,20,23)(H,22,24). The number of para-hydroxylation sites is 1. The van der Waals surface area contributed by atoms with E-state index in [1.165, 1.54) is 19.1 Å². The Kier molecular flexibility index (Phi) is 4.70. The number of esters is 1. The molecule has 7 nitrogen and oxygen atoms in total. The van der Waals surface area contributed by atoms with Gasteiger partial charge < -0.3 is 20.8 Å². The third-order valence-electron chi connectivity index (χ3n) is 3.90. The van der Waals surface area contributed by atoms with Crippen LogP contribution >= 0.6 is 0 Å². The van der Waals surface area contributed by atoms with Gasteiger partial charge in [-0.05, 0) is 37.3 Å². The first-order chi connectivity index (χ1) is 12.5. The van der Waals surface area contributed by atoms with Crippen LogP contribution in [0.15, 0.2) is 54.7 Å². The normalized spacial score (nSPS) is 11.7. The Hall–Kier alpha value is -3.61. The molecule has 0 fully saturated rings. The van der Waals surface area contributed by atoms with Crippen LogP contribution in [0.3, 0.4) is 0 Å². The number of hydrogen-bond donors (Lipinski definition) is 3. The molecule has 4 N–H and O–H groups in total. The van der Waals surface area contributed by atoms with Crippen LogP contribution in [0.25, 0.3) is 10.9 Å². The number of nitrogens with one attached hydrogen (secondary N) is 2. The topological polar surface area (TPSA) is 114 Å². The van der Waals surface area contributed by atoms with Crippen molar-refractivity contribution >= 4 is 34.4 Å². The summed E-state index contributed by atoms with van der Waals surface area (Å²) in [5.41, 5.74) is 7.15. The van der Waals surface area contributed by atoms with Crippen molar-refractivity contribution in [2.24, 2.45) is 5.73 Å². The van der Waals surface area contributed by atoms with E-state index in [4.69, 9.17) is 10.5 Å². The number of carbonyl (C=O) groups is 3. The van der Waals surface area contributed by atoms with Crippen LogP contribution in [0.1, 0.15) is 27.6 Å². The van der Waals surface area contributed by atoms with Crippen LogP contribution in [0, 0.1) is 0 Å². The number of H-pyrrole nitrogens is 1. The highest BCUT2D eigenvalue weighted by atomic mass is 16.5. The van der Waals surface area contributed by atoms with E-state index in [0.29, 0.717) is 16.8 Å². The monoisotopic (exact) mass is 351 g/mol. The molecule has 0 saturated heterocycles. The van der Waals surface area contributed by atoms with Crippen molar-refractivity contribution in [2.45, 2.75) is 13.0 Å². The van der Waals surface area contributed by atoms with E-state index < -0.39 is 23.9 Å². The molecule has 1 aromatic heterocycles. The second-order valence-corrected chi connectivity index (χ2v) is 5.73. The van der Waals surface area contributed by atoms with Gasteiger partial charge in [-0.25, -0.2) is 4.79 Å². The lowest BCUT2D eigenvalue weighted by molar-refractivity contribution is -0.123. The Morgan fingerprint density at radius 3 is 2.46 bits per heavy atom. The third kappa shape index (κ3) is 3.56. The summed E-state index contributed by atoms with van der Waals surface area (Å²) < 4.78 is 5.25. The number of aromatic nitrogens is 1. The first-order valence-electron chi connectivity index (χ1n) is 7.93. The molecule has 3 aromatic rings. The maximum absolute atomic E-state index is 12.3. The molecule has 1 heterocycles. The summed E-state index contributed by atoms with van der Waals surface area (Å²) in [7, 11) is 0. The molecular formula is C19H17N3O4. The summed E-state index contributed by atoms with van der Waals surface area (Å²) >= 11 is 0. The van der Waals surface area contributed by atoms with Gasteiger partial charge in [-0.2, -0.15) is 0 Å². The molecule has 7 heteroatoms. The molecule has 0 aliphatic heterocycles. The molecular weight excluding hydrogens is 334 g/mol. The highest BCUT2D eigenvalue weighted by molar-refractivity contribution is 6.05. The summed E-state index contributed by atoms with van der Waals surface area (Å²) in [6.07, 6.45) is 0.562. The lowest BCUT2D eigenvalue weighted by Crippen LogP contribution is -2.30. The predicted octanol–water partition coefficient (Wildman–Crippen LogP) is 2.45. The number of benzene rings is 2. The van der Waals surface area contributed by atoms with Crippen molar-refractivity contribution in [1.82, 2.24) is 4.98 Å². The molecule has 1 unspecified atom stereocenters. The minimum atomic E-state index is -0.994. The van der Waals surface area contributed by atoms with E-state index in [2.05, 4.69) is 10.3 Å². The number of fused-ring (bicyclic) bond motifs is 1. The van der Waals surface area contributed by atoms with E-state index in [-0.39, 0.29) is 0 Å². The van der Waals surface area contributed by atoms with Crippen LogP contribution < -0.4 is 11.1 Å². The third-order valence-corrected chi connectivity index (χ3v) is 3.90. The zero-order chi connectivity index (χ0) is 18.7. The van der Waals surface area contributed by atoms with Gasteiger partial charge >= 0.3 is 5.97 Å². The largest absolute Gasteiger partial charge is 0.449 e. The highest BCUT2D eigenvalue weighted by Gasteiger charge is 2.21. The van der Waals surface area contributed by atoms with Crippen molar-refractivity contribution in [1.29, 1.82) is 0 Å². The second kappa shape index (κ2) is 7.10. The average molecular weight is 351 g/mol. The fraction of sp³-hybridized carbons (Fsp3) is 0.105. The molecule has 1 atom stereocenters. The summed E-state index contributed by atoms with van der Waals surface area (Å²) in [6.45, 7) is 1.49. The Labute approximate surface area is 149 Å². The van der Waals surface area contributed by atoms with Crippen molar-refractivity contribution in [2.75, 3.05) is 5.32 Å². The van der Waals surface area contributed by atoms with Crippen LogP contribution in [-0.4, -0.2) is 28.9 Å². The number of carbonyl (C=O) groups excluding carboxylic acids is 3. The summed E-state index contributed by atoms with van der Waals surface area (Å²) in [5, 5.41) is 3.35. The van der Waals surface area contributed by atoms with Gasteiger partial charge in [0.2, 0.25) is 5.91 Å². The number of anilines is 1. The molecule has 0 radical (unpaired) electrons. The number of ether oxygens (including phenoxy) is 1. The lowest BCUT2D eigenvalue weighted by Gasteiger charge is -2.13. The van der Waals surface area contributed by atoms with Gasteiger partial charge in [0.25, 0.3) is 5.91 Å². The number of rotatable bonds is 5. The Bertz CT molecular complexity index is 976. The predicted molar refractivity (Wildman–Crippen MR) is 96.8 cm³/mol. The zero-order valence-electron chi connectivity index (χ0n) is 14.0. The molecule has 2 aromatic carbocycles. The summed E-state index contributed by atoms with van der Waals surface area (Å²) in [6, 6.07) is 13.4. The minimum absolute atomic E-state index is 0.335. The fourth-order valence-corrected chi connectivity index (χ4v) is 2.48. The van der Waals surface area contributed by atoms with Crippen LogP contribution in [0.4, 0.5) is 5.69 Å². The van der Waals surface area contributed by atoms with E-state index in [1.54, 1.807) is 24.4 Å². The Morgan fingerprint density at radius 2 is 1.77 bits per heavy atom. The van der Waals surface area contributed by atoms with Gasteiger partial charge in [-0.3, -0.25) is 9.59 Å². The van der Waals surface area contributed by atoms with Crippen LogP contribution in [-0.2, 0) is 9.53 Å². The van der Waals surface area contributed by atoms with Gasteiger partial charge in [0, 0.05) is 28.4 Å². The van der Waals surface area contributed by atoms with Gasteiger partial charge in [0.1, 0.15) is 0 Å². The zero-order valence-corrected chi connectivity index (χ0v) is 14.0. The van der Waals surface area contributed by atoms with Gasteiger partial charge in [0.15, 0.2) is 6.10 Å². The van der Waals surface area contributed by atoms with E-state index >= 15 is 0 Å². The molecule has 26 heavy (non-hydrogen) atoms. The van der Waals surface area contributed by atoms with Crippen LogP contribution in [0.2, 0.25) is 0 Å². The number of hydrogen-bond acceptors (Lipinski definition) is 4. The molecule has 0 saturated carbocycles. The Balaban J connectivity index is 1.65. The maximum Gasteiger partial charge on any atom is 0.341 e. The number of amides is 2. The molecule has 132 valence electrons. The smallest absolute Gasteiger partial charge is 0.341 e. The quantitative estimate of drug-likeness (QED) is 0.613. The van der Waals surface area contributed by atoms with Crippen molar-refractivity contribution < 1.29 is 19.1 Å². The molecule has 0 aliphatic carbocycles. The first kappa shape index (κ1) is 17.2. The number of primary amides is 1. The minimum Gasteiger partial charge on any atom is -0.449 e. The molecule has 2 amide bonds. The second-order valence-electron chi connectivity index (χ2n) is 5.73. The van der Waals surface area contributed by atoms with Crippen molar-refractivity contribution in [3.05, 3.63) is 65.9 Å². The lowest BCUT2D eigenvalue weighted by atomic mass is 10.2. The number of nitrogens with two attached hydrogens (primary N) is 1. The van der Waals surface area contributed by atoms with E-state index in [0.717, 1.165) is 10.9 Å². The average Bonchev–Trinajstić information content (AvgIpc) is 3.06. The van der Waals surface area contributed by atoms with Crippen LogP contribution in [0.5, 0.6) is 0 Å². The molecule has 0 bridgehead atoms. The SMILES string of the molecule is CC(OC(=O)c1c[nH]c2ccccc12)C(=O)Nc1ccc(C(N)=O)cc1. The first-order valence-corrected chi connectivity index (χ1v) is 7.93. The molecule has 3 rings (SSSR count). The van der Waals surface area contributed by atoms with E-state index in [1.807, 2.05) is 18.2 Å². The molecule has 0 spiro atoms. The summed E-state index contributed by atoms with van der Waals surface area (Å²) in [5.74, 6) is -1.62. The van der Waals surface area contributed by atoms with Crippen molar-refractivity contribution in [3.8, 4) is 0 Å². The van der Waals surface area contributed by atoms with Gasteiger partial charge in [-0.15, -0.1) is 0 Å². The number of aromatic amines is 1. The fourth-order valence-electron chi connectivity index (χ4n) is 2.48. The van der Waals surface area contributed by atoms with Gasteiger partial charge in [-0.1, -0.05) is 18.2 Å². The highest BCUT2D eigenvalue weighted by Crippen LogP contribution is 2.19. The Morgan fingerprint density at radius 1 is 1.08 bits per heavy atom. The van der Waals surface area contributed by atoms with Gasteiger partial charge in [0.05, 0.1) is 5.56 Å². The molecule has 0 aliphatic rings. The van der Waals surface area contributed by atoms with E-state index in [9.17, 15) is 14.4 Å². The maximum atomic E-state index is 12.3.